The number of hydrogen-bond donors (Lipinski definition) is 6. The van der Waals surface area contributed by atoms with Crippen LogP contribution in [0.5, 0.6) is 0 Å². The van der Waals surface area contributed by atoms with Crippen molar-refractivity contribution in [2.45, 2.75) is 62.0 Å². The normalized spacial score (nSPS) is 48.4. The average Bonchev–Trinajstić information content (AvgIpc) is 2.91. The van der Waals surface area contributed by atoms with Crippen LogP contribution in [0.4, 0.5) is 0 Å². The smallest absolute Gasteiger partial charge is 0.339 e. The summed E-state index contributed by atoms with van der Waals surface area (Å²) in [4.78, 5) is 12.0. The Morgan fingerprint density at radius 3 is 2.50 bits per heavy atom. The maximum absolute atomic E-state index is 12.0. The van der Waals surface area contributed by atoms with Crippen LogP contribution < -0.4 is 0 Å². The quantitative estimate of drug-likeness (QED) is 0.262. The Morgan fingerprint density at radius 1 is 1.21 bits per heavy atom. The number of ether oxygens (including phenoxy) is 4. The fraction of sp³-hybridized carbons (Fsp3) is 0.824. The molecule has 0 spiro atoms. The molecule has 0 amide bonds. The molecule has 3 aliphatic rings. The zero-order valence-corrected chi connectivity index (χ0v) is 15.4. The van der Waals surface area contributed by atoms with E-state index in [0.29, 0.717) is 0 Å². The number of hydrogen-bond acceptors (Lipinski definition) is 11. The molecular formula is C17H26O11. The van der Waals surface area contributed by atoms with Crippen molar-refractivity contribution in [3.05, 3.63) is 11.8 Å². The van der Waals surface area contributed by atoms with E-state index in [0.717, 1.165) is 13.4 Å². The summed E-state index contributed by atoms with van der Waals surface area (Å²) in [6.07, 6.45) is -9.02. The Bertz CT molecular complexity index is 622. The zero-order valence-electron chi connectivity index (χ0n) is 15.4. The number of carbonyl (C=O) groups excluding carboxylic acids is 1. The molecule has 1 aliphatic carbocycles. The largest absolute Gasteiger partial charge is 0.471 e. The average molecular weight is 406 g/mol. The van der Waals surface area contributed by atoms with Gasteiger partial charge in [0, 0.05) is 0 Å². The molecule has 2 aliphatic heterocycles. The number of aliphatic hydroxyl groups is 6. The molecule has 11 heteroatoms. The van der Waals surface area contributed by atoms with Crippen molar-refractivity contribution in [3.8, 4) is 0 Å². The van der Waals surface area contributed by atoms with Crippen LogP contribution in [0.1, 0.15) is 13.3 Å². The van der Waals surface area contributed by atoms with E-state index in [1.54, 1.807) is 6.92 Å². The molecule has 1 saturated heterocycles. The minimum Gasteiger partial charge on any atom is -0.471 e. The van der Waals surface area contributed by atoms with E-state index in [1.165, 1.54) is 0 Å². The Balaban J connectivity index is 1.87. The summed E-state index contributed by atoms with van der Waals surface area (Å²) in [5, 5.41) is 60.8. The first-order valence-corrected chi connectivity index (χ1v) is 8.97. The lowest BCUT2D eigenvalue weighted by molar-refractivity contribution is -0.347. The third-order valence-electron chi connectivity index (χ3n) is 5.79. The monoisotopic (exact) mass is 406 g/mol. The Hall–Kier alpha value is -1.31. The van der Waals surface area contributed by atoms with Crippen molar-refractivity contribution in [1.29, 1.82) is 0 Å². The van der Waals surface area contributed by atoms with Crippen LogP contribution in [0, 0.1) is 11.8 Å². The van der Waals surface area contributed by atoms with Gasteiger partial charge in [-0.2, -0.15) is 0 Å². The molecular weight excluding hydrogens is 380 g/mol. The zero-order chi connectivity index (χ0) is 20.8. The molecule has 11 nitrogen and oxygen atoms in total. The van der Waals surface area contributed by atoms with Gasteiger partial charge in [0.2, 0.25) is 6.29 Å². The lowest BCUT2D eigenvalue weighted by Gasteiger charge is -2.45. The first-order valence-electron chi connectivity index (χ1n) is 8.97. The van der Waals surface area contributed by atoms with Gasteiger partial charge in [-0.05, 0) is 12.3 Å². The lowest BCUT2D eigenvalue weighted by Crippen LogP contribution is -2.61. The van der Waals surface area contributed by atoms with Gasteiger partial charge in [0.05, 0.1) is 32.0 Å². The molecule has 3 rings (SSSR count). The third-order valence-corrected chi connectivity index (χ3v) is 5.79. The summed E-state index contributed by atoms with van der Waals surface area (Å²) in [6.45, 7) is 1.09. The van der Waals surface area contributed by atoms with Gasteiger partial charge < -0.3 is 49.6 Å². The predicted octanol–water partition coefficient (Wildman–Crippen LogP) is -3.04. The molecule has 0 bridgehead atoms. The van der Waals surface area contributed by atoms with Gasteiger partial charge >= 0.3 is 5.97 Å². The number of methoxy groups -OCH3 is 1. The molecule has 6 N–H and O–H groups in total. The summed E-state index contributed by atoms with van der Waals surface area (Å²) in [6, 6.07) is 0. The second-order valence-corrected chi connectivity index (χ2v) is 7.44. The van der Waals surface area contributed by atoms with Gasteiger partial charge in [-0.25, -0.2) is 4.79 Å². The van der Waals surface area contributed by atoms with Gasteiger partial charge in [0.25, 0.3) is 0 Å². The molecule has 2 fully saturated rings. The molecule has 10 atom stereocenters. The maximum atomic E-state index is 12.0. The van der Waals surface area contributed by atoms with Crippen LogP contribution >= 0.6 is 0 Å². The Kier molecular flexibility index (Phi) is 5.99. The van der Waals surface area contributed by atoms with Crippen LogP contribution in [-0.2, 0) is 23.7 Å². The number of aliphatic hydroxyl groups excluding tert-OH is 5. The molecule has 1 saturated carbocycles. The van der Waals surface area contributed by atoms with Gasteiger partial charge in [0.15, 0.2) is 6.29 Å². The van der Waals surface area contributed by atoms with E-state index in [9.17, 15) is 35.4 Å². The minimum atomic E-state index is -2.01. The van der Waals surface area contributed by atoms with E-state index < -0.39 is 67.2 Å². The van der Waals surface area contributed by atoms with Gasteiger partial charge in [-0.1, -0.05) is 6.92 Å². The lowest BCUT2D eigenvalue weighted by atomic mass is 9.78. The summed E-state index contributed by atoms with van der Waals surface area (Å²) in [5.41, 5.74) is -2.27. The van der Waals surface area contributed by atoms with Crippen molar-refractivity contribution >= 4 is 5.97 Å². The second kappa shape index (κ2) is 7.84. The van der Waals surface area contributed by atoms with Crippen LogP contribution in [0.15, 0.2) is 11.8 Å². The highest BCUT2D eigenvalue weighted by atomic mass is 16.8. The summed E-state index contributed by atoms with van der Waals surface area (Å²) in [5.74, 6) is -2.15. The topological polar surface area (TPSA) is 175 Å². The van der Waals surface area contributed by atoms with Crippen molar-refractivity contribution in [3.63, 3.8) is 0 Å². The first kappa shape index (κ1) is 21.4. The molecule has 28 heavy (non-hydrogen) atoms. The fourth-order valence-corrected chi connectivity index (χ4v) is 4.23. The first-order chi connectivity index (χ1) is 13.2. The summed E-state index contributed by atoms with van der Waals surface area (Å²) in [7, 11) is 1.13. The molecule has 0 unspecified atom stereocenters. The highest BCUT2D eigenvalue weighted by Crippen LogP contribution is 2.50. The molecule has 0 radical (unpaired) electrons. The Morgan fingerprint density at radius 2 is 1.89 bits per heavy atom. The van der Waals surface area contributed by atoms with E-state index in [-0.39, 0.29) is 17.9 Å². The van der Waals surface area contributed by atoms with E-state index in [2.05, 4.69) is 4.74 Å². The standard InChI is InChI=1S/C17H26O11/c1-6-3-9(19)17(24)7(14(23)25-2)5-26-15(10(6)17)28-16-13(22)12(21)11(20)8(4-18)27-16/h5-6,8-13,15-16,18-22,24H,3-4H2,1-2H3/t6-,8+,9+,10-,11+,12-,13+,15-,16-,17+/m0/s1. The second-order valence-electron chi connectivity index (χ2n) is 7.44. The highest BCUT2D eigenvalue weighted by Gasteiger charge is 2.63. The van der Waals surface area contributed by atoms with Crippen molar-refractivity contribution in [1.82, 2.24) is 0 Å². The van der Waals surface area contributed by atoms with Crippen molar-refractivity contribution < 1.29 is 54.4 Å². The van der Waals surface area contributed by atoms with Crippen LogP contribution in [0.2, 0.25) is 0 Å². The van der Waals surface area contributed by atoms with E-state index in [1.807, 2.05) is 0 Å². The fourth-order valence-electron chi connectivity index (χ4n) is 4.23. The molecule has 160 valence electrons. The molecule has 2 heterocycles. The number of rotatable bonds is 4. The minimum absolute atomic E-state index is 0.146. The van der Waals surface area contributed by atoms with Gasteiger partial charge in [-0.3, -0.25) is 0 Å². The summed E-state index contributed by atoms with van der Waals surface area (Å²) >= 11 is 0. The molecule has 0 aromatic heterocycles. The molecule has 0 aromatic rings. The summed E-state index contributed by atoms with van der Waals surface area (Å²) < 4.78 is 21.0. The Labute approximate surface area is 160 Å². The number of fused-ring (bicyclic) bond motifs is 1. The van der Waals surface area contributed by atoms with Crippen LogP contribution in [0.25, 0.3) is 0 Å². The van der Waals surface area contributed by atoms with Crippen LogP contribution in [-0.4, -0.2) is 99.0 Å². The predicted molar refractivity (Wildman–Crippen MR) is 88.1 cm³/mol. The number of esters is 1. The van der Waals surface area contributed by atoms with Gasteiger partial charge in [-0.15, -0.1) is 0 Å². The van der Waals surface area contributed by atoms with E-state index >= 15 is 0 Å². The van der Waals surface area contributed by atoms with Crippen molar-refractivity contribution in [2.75, 3.05) is 13.7 Å². The third kappa shape index (κ3) is 3.21. The van der Waals surface area contributed by atoms with Crippen LogP contribution in [0.3, 0.4) is 0 Å². The maximum Gasteiger partial charge on any atom is 0.339 e. The van der Waals surface area contributed by atoms with Crippen molar-refractivity contribution in [2.24, 2.45) is 11.8 Å². The number of carbonyl (C=O) groups is 1. The van der Waals surface area contributed by atoms with Gasteiger partial charge in [0.1, 0.15) is 35.6 Å². The highest BCUT2D eigenvalue weighted by molar-refractivity contribution is 5.91. The molecule has 0 aromatic carbocycles. The SMILES string of the molecule is COC(=O)C1=CO[C@@H](O[C@@H]2O[C@H](CO)[C@@H](O)[C@H](O)[C@H]2O)[C@@H]2[C@@H](C)C[C@@H](O)[C@]12O. The van der Waals surface area contributed by atoms with E-state index in [4.69, 9.17) is 14.2 Å².